The molecule has 29 heavy (non-hydrogen) atoms. The zero-order chi connectivity index (χ0) is 20.9. The zero-order valence-electron chi connectivity index (χ0n) is 17.1. The summed E-state index contributed by atoms with van der Waals surface area (Å²) in [5.41, 5.74) is 1.75. The third-order valence-corrected chi connectivity index (χ3v) is 4.87. The Bertz CT molecular complexity index is 1320. The van der Waals surface area contributed by atoms with E-state index < -0.39 is 5.41 Å². The summed E-state index contributed by atoms with van der Waals surface area (Å²) >= 11 is 0. The largest absolute Gasteiger partial charge is 0.460 e. The second-order valence-electron chi connectivity index (χ2n) is 8.14. The second kappa shape index (κ2) is 6.58. The van der Waals surface area contributed by atoms with E-state index in [0.717, 1.165) is 11.0 Å². The molecule has 2 aromatic carbocycles. The predicted octanol–water partition coefficient (Wildman–Crippen LogP) is 4.61. The SMILES string of the molecule is Cc1oc2cc(OC(=O)C(C)(C)C)ccc2c(=O)c1-c1nc2ccccc2n1C. The molecule has 6 nitrogen and oxygen atoms in total. The topological polar surface area (TPSA) is 74.3 Å². The van der Waals surface area contributed by atoms with Crippen LogP contribution in [0.2, 0.25) is 0 Å². The molecule has 0 unspecified atom stereocenters. The summed E-state index contributed by atoms with van der Waals surface area (Å²) in [6.45, 7) is 7.08. The van der Waals surface area contributed by atoms with Crippen LogP contribution in [0.1, 0.15) is 26.5 Å². The van der Waals surface area contributed by atoms with Crippen LogP contribution in [-0.4, -0.2) is 15.5 Å². The maximum atomic E-state index is 13.3. The Morgan fingerprint density at radius 3 is 2.55 bits per heavy atom. The highest BCUT2D eigenvalue weighted by Gasteiger charge is 2.24. The van der Waals surface area contributed by atoms with Gasteiger partial charge in [0.25, 0.3) is 0 Å². The minimum atomic E-state index is -0.629. The van der Waals surface area contributed by atoms with Gasteiger partial charge in [-0.15, -0.1) is 0 Å². The average Bonchev–Trinajstić information content (AvgIpc) is 2.97. The van der Waals surface area contributed by atoms with Crippen molar-refractivity contribution in [2.75, 3.05) is 0 Å². The normalized spacial score (nSPS) is 11.9. The number of para-hydroxylation sites is 2. The van der Waals surface area contributed by atoms with E-state index in [-0.39, 0.29) is 11.4 Å². The highest BCUT2D eigenvalue weighted by Crippen LogP contribution is 2.28. The Balaban J connectivity index is 1.85. The zero-order valence-corrected chi connectivity index (χ0v) is 17.1. The Kier molecular flexibility index (Phi) is 4.30. The lowest BCUT2D eigenvalue weighted by atomic mass is 9.97. The first-order chi connectivity index (χ1) is 13.7. The summed E-state index contributed by atoms with van der Waals surface area (Å²) in [6, 6.07) is 12.5. The van der Waals surface area contributed by atoms with Crippen LogP contribution in [0.25, 0.3) is 33.4 Å². The van der Waals surface area contributed by atoms with Gasteiger partial charge in [0.1, 0.15) is 28.5 Å². The summed E-state index contributed by atoms with van der Waals surface area (Å²) in [7, 11) is 1.88. The monoisotopic (exact) mass is 390 g/mol. The third kappa shape index (κ3) is 3.20. The molecule has 0 fully saturated rings. The molecule has 4 rings (SSSR count). The van der Waals surface area contributed by atoms with Crippen LogP contribution in [0.15, 0.2) is 51.7 Å². The third-order valence-electron chi connectivity index (χ3n) is 4.87. The van der Waals surface area contributed by atoms with Gasteiger partial charge >= 0.3 is 5.97 Å². The van der Waals surface area contributed by atoms with Gasteiger partial charge in [0, 0.05) is 13.1 Å². The Morgan fingerprint density at radius 1 is 1.14 bits per heavy atom. The molecule has 0 radical (unpaired) electrons. The summed E-state index contributed by atoms with van der Waals surface area (Å²) in [5, 5.41) is 0.410. The molecule has 148 valence electrons. The minimum absolute atomic E-state index is 0.171. The number of ether oxygens (including phenoxy) is 1. The van der Waals surface area contributed by atoms with E-state index in [0.29, 0.717) is 33.9 Å². The minimum Gasteiger partial charge on any atom is -0.460 e. The van der Waals surface area contributed by atoms with E-state index in [9.17, 15) is 9.59 Å². The fraction of sp³-hybridized carbons (Fsp3) is 0.261. The fourth-order valence-electron chi connectivity index (χ4n) is 3.24. The number of fused-ring (bicyclic) bond motifs is 2. The van der Waals surface area contributed by atoms with Gasteiger partial charge in [0.05, 0.1) is 21.8 Å². The lowest BCUT2D eigenvalue weighted by Gasteiger charge is -2.16. The van der Waals surface area contributed by atoms with Gasteiger partial charge in [0.15, 0.2) is 0 Å². The molecule has 0 bridgehead atoms. The molecule has 0 amide bonds. The molecule has 0 saturated heterocycles. The van der Waals surface area contributed by atoms with E-state index in [2.05, 4.69) is 4.98 Å². The number of benzene rings is 2. The molecular weight excluding hydrogens is 368 g/mol. The molecule has 2 aromatic heterocycles. The van der Waals surface area contributed by atoms with Crippen molar-refractivity contribution in [3.8, 4) is 17.1 Å². The quantitative estimate of drug-likeness (QED) is 0.369. The van der Waals surface area contributed by atoms with Gasteiger partial charge in [-0.25, -0.2) is 4.98 Å². The van der Waals surface area contributed by atoms with Crippen molar-refractivity contribution in [3.05, 3.63) is 58.4 Å². The van der Waals surface area contributed by atoms with Crippen molar-refractivity contribution in [1.29, 1.82) is 0 Å². The Morgan fingerprint density at radius 2 is 1.86 bits per heavy atom. The van der Waals surface area contributed by atoms with Crippen LogP contribution in [0.5, 0.6) is 5.75 Å². The maximum Gasteiger partial charge on any atom is 0.316 e. The lowest BCUT2D eigenvalue weighted by Crippen LogP contribution is -2.25. The molecule has 0 atom stereocenters. The van der Waals surface area contributed by atoms with Crippen LogP contribution >= 0.6 is 0 Å². The summed E-state index contributed by atoms with van der Waals surface area (Å²) in [6.07, 6.45) is 0. The maximum absolute atomic E-state index is 13.3. The van der Waals surface area contributed by atoms with Crippen LogP contribution in [0.4, 0.5) is 0 Å². The number of carbonyl (C=O) groups is 1. The number of hydrogen-bond acceptors (Lipinski definition) is 5. The first kappa shape index (κ1) is 18.9. The number of aromatic nitrogens is 2. The smallest absolute Gasteiger partial charge is 0.316 e. The number of hydrogen-bond donors (Lipinski definition) is 0. The van der Waals surface area contributed by atoms with Crippen LogP contribution in [0, 0.1) is 12.3 Å². The van der Waals surface area contributed by atoms with Gasteiger partial charge in [-0.3, -0.25) is 9.59 Å². The fourth-order valence-corrected chi connectivity index (χ4v) is 3.24. The van der Waals surface area contributed by atoms with E-state index in [1.807, 2.05) is 35.9 Å². The van der Waals surface area contributed by atoms with Crippen LogP contribution < -0.4 is 10.2 Å². The molecule has 0 aliphatic rings. The van der Waals surface area contributed by atoms with Gasteiger partial charge in [-0.1, -0.05) is 12.1 Å². The van der Waals surface area contributed by atoms with Gasteiger partial charge < -0.3 is 13.7 Å². The molecule has 0 aliphatic carbocycles. The van der Waals surface area contributed by atoms with E-state index in [4.69, 9.17) is 9.15 Å². The highest BCUT2D eigenvalue weighted by atomic mass is 16.5. The molecule has 0 N–H and O–H groups in total. The number of aryl methyl sites for hydroxylation is 2. The second-order valence-corrected chi connectivity index (χ2v) is 8.14. The van der Waals surface area contributed by atoms with Crippen LogP contribution in [-0.2, 0) is 11.8 Å². The van der Waals surface area contributed by atoms with Gasteiger partial charge in [-0.05, 0) is 52.0 Å². The first-order valence-electron chi connectivity index (χ1n) is 9.38. The van der Waals surface area contributed by atoms with E-state index >= 15 is 0 Å². The van der Waals surface area contributed by atoms with Gasteiger partial charge in [0.2, 0.25) is 5.43 Å². The first-order valence-corrected chi connectivity index (χ1v) is 9.38. The Hall–Kier alpha value is -3.41. The average molecular weight is 390 g/mol. The number of imidazole rings is 1. The van der Waals surface area contributed by atoms with Crippen molar-refractivity contribution in [2.24, 2.45) is 12.5 Å². The molecule has 6 heteroatoms. The van der Waals surface area contributed by atoms with Crippen molar-refractivity contribution in [3.63, 3.8) is 0 Å². The molecule has 4 aromatic rings. The van der Waals surface area contributed by atoms with E-state index in [1.165, 1.54) is 0 Å². The molecule has 0 aliphatic heterocycles. The number of rotatable bonds is 2. The van der Waals surface area contributed by atoms with E-state index in [1.54, 1.807) is 45.9 Å². The number of esters is 1. The standard InChI is InChI=1S/C23H22N2O4/c1-13-19(21-24-16-8-6-7-9-17(16)25(21)5)20(26)15-11-10-14(12-18(15)28-13)29-22(27)23(2,3)4/h6-12H,1-5H3. The Labute approximate surface area is 167 Å². The summed E-state index contributed by atoms with van der Waals surface area (Å²) in [4.78, 5) is 30.0. The molecular formula is C23H22N2O4. The lowest BCUT2D eigenvalue weighted by molar-refractivity contribution is -0.142. The number of nitrogens with zero attached hydrogens (tertiary/aromatic N) is 2. The van der Waals surface area contributed by atoms with Crippen molar-refractivity contribution in [2.45, 2.75) is 27.7 Å². The van der Waals surface area contributed by atoms with Crippen LogP contribution in [0.3, 0.4) is 0 Å². The van der Waals surface area contributed by atoms with Crippen molar-refractivity contribution < 1.29 is 13.9 Å². The predicted molar refractivity (Wildman–Crippen MR) is 112 cm³/mol. The van der Waals surface area contributed by atoms with Gasteiger partial charge in [-0.2, -0.15) is 0 Å². The summed E-state index contributed by atoms with van der Waals surface area (Å²) < 4.78 is 13.3. The molecule has 2 heterocycles. The molecule has 0 spiro atoms. The van der Waals surface area contributed by atoms with Crippen molar-refractivity contribution in [1.82, 2.24) is 9.55 Å². The van der Waals surface area contributed by atoms with Crippen molar-refractivity contribution >= 4 is 28.0 Å². The molecule has 0 saturated carbocycles. The summed E-state index contributed by atoms with van der Waals surface area (Å²) in [5.74, 6) is 1.01. The number of carbonyl (C=O) groups excluding carboxylic acids is 1. The highest BCUT2D eigenvalue weighted by molar-refractivity contribution is 5.86.